The lowest BCUT2D eigenvalue weighted by atomic mass is 9.88. The molecule has 0 fully saturated rings. The molecule has 7 aromatic rings. The Balaban J connectivity index is 1.28. The van der Waals surface area contributed by atoms with Gasteiger partial charge in [-0.1, -0.05) is 115 Å². The smallest absolute Gasteiger partial charge is 0.155 e. The van der Waals surface area contributed by atoms with Gasteiger partial charge in [0.1, 0.15) is 11.2 Å². The molecule has 1 aliphatic heterocycles. The Hall–Kier alpha value is -6.05. The summed E-state index contributed by atoms with van der Waals surface area (Å²) in [4.78, 5) is 10.5. The first-order chi connectivity index (χ1) is 23.2. The maximum absolute atomic E-state index is 9.48. The molecule has 6 aromatic carbocycles. The zero-order valence-corrected chi connectivity index (χ0v) is 25.8. The van der Waals surface area contributed by atoms with Crippen LogP contribution in [0, 0.1) is 11.3 Å². The summed E-state index contributed by atoms with van der Waals surface area (Å²) in [5.74, 6) is 0.768. The number of aliphatic imine (C=N–C) groups is 2. The summed E-state index contributed by atoms with van der Waals surface area (Å²) in [6, 6.07) is 52.0. The first kappa shape index (κ1) is 28.4. The Morgan fingerprint density at radius 2 is 1.36 bits per heavy atom. The van der Waals surface area contributed by atoms with Crippen molar-refractivity contribution in [2.45, 2.75) is 25.3 Å². The molecule has 0 saturated heterocycles. The zero-order chi connectivity index (χ0) is 31.6. The molecular formula is C43H31N3O. The Kier molecular flexibility index (Phi) is 7.49. The highest BCUT2D eigenvalue weighted by Crippen LogP contribution is 2.43. The maximum atomic E-state index is 9.48. The molecule has 4 nitrogen and oxygen atoms in total. The Labute approximate surface area is 274 Å². The Bertz CT molecular complexity index is 2330. The lowest BCUT2D eigenvalue weighted by Gasteiger charge is -2.20. The van der Waals surface area contributed by atoms with Crippen molar-refractivity contribution in [3.05, 3.63) is 168 Å². The lowest BCUT2D eigenvalue weighted by Crippen LogP contribution is -2.12. The van der Waals surface area contributed by atoms with Gasteiger partial charge >= 0.3 is 0 Å². The van der Waals surface area contributed by atoms with Gasteiger partial charge in [0.25, 0.3) is 0 Å². The third-order valence-corrected chi connectivity index (χ3v) is 8.98. The van der Waals surface area contributed by atoms with Crippen molar-refractivity contribution in [2.75, 3.05) is 0 Å². The molecule has 1 atom stereocenters. The number of nitrogens with zero attached hydrogens (tertiary/aromatic N) is 3. The van der Waals surface area contributed by atoms with Gasteiger partial charge in [0.15, 0.2) is 5.84 Å². The van der Waals surface area contributed by atoms with Crippen molar-refractivity contribution in [3.63, 3.8) is 0 Å². The zero-order valence-electron chi connectivity index (χ0n) is 25.8. The van der Waals surface area contributed by atoms with Crippen LogP contribution in [0.4, 0.5) is 0 Å². The standard InChI is InChI=1S/C43H31N3O/c44-28-29-21-23-31(24-22-29)41-35(25-26-40-42(41)36-17-7-8-20-39(36)47-40)33-15-9-16-34(27-33)38-19-10-18-37(30-11-3-1-4-12-30)45-43(46-38)32-13-5-2-6-14-32/h1-9,11-17,20-27,38H,10,18-19H2. The van der Waals surface area contributed by atoms with E-state index < -0.39 is 0 Å². The normalized spacial score (nSPS) is 15.0. The average Bonchev–Trinajstić information content (AvgIpc) is 3.51. The Morgan fingerprint density at radius 1 is 0.638 bits per heavy atom. The molecule has 0 amide bonds. The molecule has 1 unspecified atom stereocenters. The summed E-state index contributed by atoms with van der Waals surface area (Å²) in [6.07, 6.45) is 2.79. The number of hydrogen-bond acceptors (Lipinski definition) is 4. The van der Waals surface area contributed by atoms with Gasteiger partial charge in [-0.25, -0.2) is 4.99 Å². The van der Waals surface area contributed by atoms with E-state index in [0.717, 1.165) is 91.7 Å². The van der Waals surface area contributed by atoms with Crippen LogP contribution in [0.2, 0.25) is 0 Å². The molecule has 8 rings (SSSR count). The molecule has 0 aliphatic carbocycles. The van der Waals surface area contributed by atoms with Crippen LogP contribution in [0.15, 0.2) is 160 Å². The fraction of sp³-hybridized carbons (Fsp3) is 0.0930. The number of nitriles is 1. The highest BCUT2D eigenvalue weighted by atomic mass is 16.3. The molecule has 4 heteroatoms. The molecule has 1 aliphatic rings. The number of rotatable bonds is 5. The summed E-state index contributed by atoms with van der Waals surface area (Å²) in [5, 5.41) is 11.6. The second-order valence-corrected chi connectivity index (χ2v) is 11.9. The molecule has 1 aromatic heterocycles. The quantitative estimate of drug-likeness (QED) is 0.196. The monoisotopic (exact) mass is 605 g/mol. The van der Waals surface area contributed by atoms with Crippen LogP contribution < -0.4 is 0 Å². The molecule has 2 heterocycles. The molecule has 0 bridgehead atoms. The summed E-state index contributed by atoms with van der Waals surface area (Å²) in [6.45, 7) is 0. The second kappa shape index (κ2) is 12.4. The van der Waals surface area contributed by atoms with Crippen molar-refractivity contribution in [2.24, 2.45) is 9.98 Å². The SMILES string of the molecule is N#Cc1ccc(-c2c(-c3cccc(C4CCCC(c5ccccc5)=NC(c5ccccc5)=N4)c3)ccc3oc4ccccc4c23)cc1. The van der Waals surface area contributed by atoms with E-state index in [-0.39, 0.29) is 6.04 Å². The highest BCUT2D eigenvalue weighted by molar-refractivity contribution is 6.16. The first-order valence-corrected chi connectivity index (χ1v) is 16.1. The van der Waals surface area contributed by atoms with Gasteiger partial charge in [0.05, 0.1) is 23.4 Å². The predicted octanol–water partition coefficient (Wildman–Crippen LogP) is 11.0. The van der Waals surface area contributed by atoms with Gasteiger partial charge < -0.3 is 4.42 Å². The topological polar surface area (TPSA) is 61.6 Å². The van der Waals surface area contributed by atoms with Crippen molar-refractivity contribution < 1.29 is 4.42 Å². The van der Waals surface area contributed by atoms with E-state index in [1.807, 2.05) is 60.7 Å². The minimum Gasteiger partial charge on any atom is -0.456 e. The van der Waals surface area contributed by atoms with Gasteiger partial charge in [0, 0.05) is 21.9 Å². The lowest BCUT2D eigenvalue weighted by molar-refractivity contribution is 0.622. The summed E-state index contributed by atoms with van der Waals surface area (Å²) in [5.41, 5.74) is 11.1. The van der Waals surface area contributed by atoms with Crippen LogP contribution in [-0.4, -0.2) is 11.5 Å². The Morgan fingerprint density at radius 3 is 2.15 bits per heavy atom. The van der Waals surface area contributed by atoms with Crippen molar-refractivity contribution in [1.82, 2.24) is 0 Å². The van der Waals surface area contributed by atoms with E-state index >= 15 is 0 Å². The molecule has 0 spiro atoms. The summed E-state index contributed by atoms with van der Waals surface area (Å²) < 4.78 is 6.31. The van der Waals surface area contributed by atoms with E-state index in [2.05, 4.69) is 91.0 Å². The minimum atomic E-state index is -0.0388. The molecule has 0 N–H and O–H groups in total. The van der Waals surface area contributed by atoms with Crippen LogP contribution in [0.3, 0.4) is 0 Å². The third-order valence-electron chi connectivity index (χ3n) is 8.98. The van der Waals surface area contributed by atoms with Crippen molar-refractivity contribution in [3.8, 4) is 28.3 Å². The van der Waals surface area contributed by atoms with E-state index in [9.17, 15) is 5.26 Å². The molecule has 47 heavy (non-hydrogen) atoms. The summed E-state index contributed by atoms with van der Waals surface area (Å²) >= 11 is 0. The number of para-hydroxylation sites is 1. The predicted molar refractivity (Wildman–Crippen MR) is 192 cm³/mol. The van der Waals surface area contributed by atoms with Gasteiger partial charge in [0.2, 0.25) is 0 Å². The van der Waals surface area contributed by atoms with Gasteiger partial charge in [-0.15, -0.1) is 0 Å². The fourth-order valence-electron chi connectivity index (χ4n) is 6.68. The van der Waals surface area contributed by atoms with Gasteiger partial charge in [-0.3, -0.25) is 4.99 Å². The van der Waals surface area contributed by atoms with Crippen LogP contribution in [-0.2, 0) is 0 Å². The average molecular weight is 606 g/mol. The van der Waals surface area contributed by atoms with Gasteiger partial charge in [-0.2, -0.15) is 5.26 Å². The third kappa shape index (κ3) is 5.54. The van der Waals surface area contributed by atoms with Crippen molar-refractivity contribution >= 4 is 33.5 Å². The number of hydrogen-bond donors (Lipinski definition) is 0. The minimum absolute atomic E-state index is 0.0388. The largest absolute Gasteiger partial charge is 0.456 e. The first-order valence-electron chi connectivity index (χ1n) is 16.1. The van der Waals surface area contributed by atoms with Crippen molar-refractivity contribution in [1.29, 1.82) is 5.26 Å². The number of fused-ring (bicyclic) bond motifs is 3. The molecular weight excluding hydrogens is 574 g/mol. The fourth-order valence-corrected chi connectivity index (χ4v) is 6.68. The van der Waals surface area contributed by atoms with Crippen LogP contribution >= 0.6 is 0 Å². The number of benzene rings is 6. The molecule has 0 radical (unpaired) electrons. The molecule has 0 saturated carbocycles. The van der Waals surface area contributed by atoms with Crippen LogP contribution in [0.1, 0.15) is 47.6 Å². The van der Waals surface area contributed by atoms with E-state index in [1.165, 1.54) is 0 Å². The van der Waals surface area contributed by atoms with Crippen LogP contribution in [0.5, 0.6) is 0 Å². The number of furan rings is 1. The molecule has 224 valence electrons. The summed E-state index contributed by atoms with van der Waals surface area (Å²) in [7, 11) is 0. The van der Waals surface area contributed by atoms with E-state index in [0.29, 0.717) is 5.56 Å². The number of amidine groups is 1. The maximum Gasteiger partial charge on any atom is 0.155 e. The van der Waals surface area contributed by atoms with Crippen LogP contribution in [0.25, 0.3) is 44.2 Å². The van der Waals surface area contributed by atoms with Gasteiger partial charge in [-0.05, 0) is 77.4 Å². The second-order valence-electron chi connectivity index (χ2n) is 11.9. The highest BCUT2D eigenvalue weighted by Gasteiger charge is 2.21. The van der Waals surface area contributed by atoms with E-state index in [4.69, 9.17) is 14.4 Å². The van der Waals surface area contributed by atoms with E-state index in [1.54, 1.807) is 0 Å².